The SMILES string of the molecule is Cc1nc2cc(-c3nc(C(=O)O)nn3C)ccc2s1. The van der Waals surface area contributed by atoms with E-state index in [0.717, 1.165) is 20.8 Å². The van der Waals surface area contributed by atoms with Crippen molar-refractivity contribution in [2.75, 3.05) is 0 Å². The van der Waals surface area contributed by atoms with Crippen LogP contribution in [0, 0.1) is 6.92 Å². The molecule has 0 aliphatic heterocycles. The van der Waals surface area contributed by atoms with Crippen molar-refractivity contribution in [1.82, 2.24) is 19.7 Å². The van der Waals surface area contributed by atoms with Crippen molar-refractivity contribution in [3.8, 4) is 11.4 Å². The molecule has 0 amide bonds. The highest BCUT2D eigenvalue weighted by molar-refractivity contribution is 7.18. The normalized spacial score (nSPS) is 11.1. The van der Waals surface area contributed by atoms with E-state index in [1.165, 1.54) is 4.68 Å². The number of rotatable bonds is 2. The minimum Gasteiger partial charge on any atom is -0.475 e. The fourth-order valence-electron chi connectivity index (χ4n) is 1.91. The fraction of sp³-hybridized carbons (Fsp3) is 0.167. The Morgan fingerprint density at radius 2 is 2.16 bits per heavy atom. The van der Waals surface area contributed by atoms with Gasteiger partial charge < -0.3 is 5.11 Å². The van der Waals surface area contributed by atoms with Crippen LogP contribution in [0.1, 0.15) is 15.6 Å². The highest BCUT2D eigenvalue weighted by atomic mass is 32.1. The first-order valence-electron chi connectivity index (χ1n) is 5.56. The third-order valence-corrected chi connectivity index (χ3v) is 3.66. The molecule has 0 spiro atoms. The maximum absolute atomic E-state index is 10.9. The standard InChI is InChI=1S/C12H10N4O2S/c1-6-13-8-5-7(3-4-9(8)19-6)11-14-10(12(17)18)15-16(11)2/h3-5H,1-2H3,(H,17,18). The molecule has 2 aromatic heterocycles. The zero-order valence-electron chi connectivity index (χ0n) is 10.3. The molecule has 0 fully saturated rings. The number of carboxylic acids is 1. The predicted molar refractivity (Wildman–Crippen MR) is 71.3 cm³/mol. The van der Waals surface area contributed by atoms with E-state index in [1.54, 1.807) is 18.4 Å². The van der Waals surface area contributed by atoms with Crippen molar-refractivity contribution in [2.45, 2.75) is 6.92 Å². The van der Waals surface area contributed by atoms with E-state index in [4.69, 9.17) is 5.11 Å². The number of carboxylic acid groups (broad SMARTS) is 1. The summed E-state index contributed by atoms with van der Waals surface area (Å²) in [5, 5.41) is 13.8. The molecule has 0 unspecified atom stereocenters. The third kappa shape index (κ3) is 1.97. The molecule has 0 bridgehead atoms. The van der Waals surface area contributed by atoms with Crippen LogP contribution in [-0.2, 0) is 7.05 Å². The second kappa shape index (κ2) is 4.13. The van der Waals surface area contributed by atoms with E-state index >= 15 is 0 Å². The van der Waals surface area contributed by atoms with Gasteiger partial charge in [0.2, 0.25) is 0 Å². The van der Waals surface area contributed by atoms with Crippen molar-refractivity contribution in [3.05, 3.63) is 29.0 Å². The maximum Gasteiger partial charge on any atom is 0.375 e. The monoisotopic (exact) mass is 274 g/mol. The maximum atomic E-state index is 10.9. The minimum absolute atomic E-state index is 0.202. The van der Waals surface area contributed by atoms with Gasteiger partial charge in [0.25, 0.3) is 5.82 Å². The molecular formula is C12H10N4O2S. The molecule has 3 aromatic rings. The van der Waals surface area contributed by atoms with Crippen LogP contribution in [0.2, 0.25) is 0 Å². The molecule has 6 nitrogen and oxygen atoms in total. The van der Waals surface area contributed by atoms with Crippen LogP contribution in [-0.4, -0.2) is 30.8 Å². The van der Waals surface area contributed by atoms with Gasteiger partial charge in [-0.25, -0.2) is 19.4 Å². The molecule has 0 saturated heterocycles. The van der Waals surface area contributed by atoms with Crippen molar-refractivity contribution in [3.63, 3.8) is 0 Å². The van der Waals surface area contributed by atoms with E-state index in [0.29, 0.717) is 5.82 Å². The first-order chi connectivity index (χ1) is 9.04. The molecule has 0 aliphatic carbocycles. The van der Waals surface area contributed by atoms with Crippen molar-refractivity contribution in [2.24, 2.45) is 7.05 Å². The second-order valence-corrected chi connectivity index (χ2v) is 5.34. The first kappa shape index (κ1) is 11.8. The number of fused-ring (bicyclic) bond motifs is 1. The average molecular weight is 274 g/mol. The molecule has 2 heterocycles. The van der Waals surface area contributed by atoms with Crippen LogP contribution in [0.5, 0.6) is 0 Å². The lowest BCUT2D eigenvalue weighted by molar-refractivity contribution is 0.0683. The van der Waals surface area contributed by atoms with E-state index in [2.05, 4.69) is 15.1 Å². The zero-order valence-corrected chi connectivity index (χ0v) is 11.1. The van der Waals surface area contributed by atoms with Gasteiger partial charge in [-0.15, -0.1) is 16.4 Å². The summed E-state index contributed by atoms with van der Waals surface area (Å²) in [5.74, 6) is -0.815. The van der Waals surface area contributed by atoms with Crippen LogP contribution in [0.3, 0.4) is 0 Å². The summed E-state index contributed by atoms with van der Waals surface area (Å²) >= 11 is 1.62. The summed E-state index contributed by atoms with van der Waals surface area (Å²) in [7, 11) is 1.67. The van der Waals surface area contributed by atoms with Gasteiger partial charge in [0, 0.05) is 12.6 Å². The van der Waals surface area contributed by atoms with Crippen LogP contribution < -0.4 is 0 Å². The number of nitrogens with zero attached hydrogens (tertiary/aromatic N) is 4. The smallest absolute Gasteiger partial charge is 0.375 e. The van der Waals surface area contributed by atoms with Gasteiger partial charge in [-0.1, -0.05) is 0 Å². The van der Waals surface area contributed by atoms with Gasteiger partial charge in [0.1, 0.15) is 0 Å². The Hall–Kier alpha value is -2.28. The van der Waals surface area contributed by atoms with Crippen molar-refractivity contribution >= 4 is 27.5 Å². The fourth-order valence-corrected chi connectivity index (χ4v) is 2.72. The number of hydrogen-bond acceptors (Lipinski definition) is 5. The van der Waals surface area contributed by atoms with Crippen LogP contribution in [0.25, 0.3) is 21.6 Å². The Bertz CT molecular complexity index is 790. The molecule has 19 heavy (non-hydrogen) atoms. The average Bonchev–Trinajstić information content (AvgIpc) is 2.90. The van der Waals surface area contributed by atoms with Crippen LogP contribution >= 0.6 is 11.3 Å². The minimum atomic E-state index is -1.13. The van der Waals surface area contributed by atoms with E-state index in [1.807, 2.05) is 25.1 Å². The number of aryl methyl sites for hydroxylation is 2. The molecule has 3 rings (SSSR count). The van der Waals surface area contributed by atoms with Gasteiger partial charge in [0.05, 0.1) is 15.2 Å². The number of aromatic carboxylic acids is 1. The summed E-state index contributed by atoms with van der Waals surface area (Å²) in [6.07, 6.45) is 0. The summed E-state index contributed by atoms with van der Waals surface area (Å²) < 4.78 is 2.56. The summed E-state index contributed by atoms with van der Waals surface area (Å²) in [5.41, 5.74) is 1.69. The third-order valence-electron chi connectivity index (χ3n) is 2.71. The molecule has 0 atom stereocenters. The van der Waals surface area contributed by atoms with Gasteiger partial charge in [-0.05, 0) is 25.1 Å². The van der Waals surface area contributed by atoms with Gasteiger partial charge in [0.15, 0.2) is 5.82 Å². The quantitative estimate of drug-likeness (QED) is 0.774. The Balaban J connectivity index is 2.15. The molecule has 1 aromatic carbocycles. The summed E-state index contributed by atoms with van der Waals surface area (Å²) in [6, 6.07) is 5.76. The summed E-state index contributed by atoms with van der Waals surface area (Å²) in [6.45, 7) is 1.95. The van der Waals surface area contributed by atoms with E-state index in [-0.39, 0.29) is 5.82 Å². The van der Waals surface area contributed by atoms with Crippen LogP contribution in [0.4, 0.5) is 0 Å². The Morgan fingerprint density at radius 1 is 1.37 bits per heavy atom. The first-order valence-corrected chi connectivity index (χ1v) is 6.38. The Kier molecular flexibility index (Phi) is 2.56. The van der Waals surface area contributed by atoms with Crippen molar-refractivity contribution < 1.29 is 9.90 Å². The molecular weight excluding hydrogens is 264 g/mol. The molecule has 96 valence electrons. The highest BCUT2D eigenvalue weighted by Gasteiger charge is 2.15. The lowest BCUT2D eigenvalue weighted by Gasteiger charge is -1.99. The molecule has 0 radical (unpaired) electrons. The number of hydrogen-bond donors (Lipinski definition) is 1. The Labute approximate surface area is 112 Å². The van der Waals surface area contributed by atoms with Gasteiger partial charge in [-0.2, -0.15) is 0 Å². The zero-order chi connectivity index (χ0) is 13.6. The highest BCUT2D eigenvalue weighted by Crippen LogP contribution is 2.26. The van der Waals surface area contributed by atoms with Crippen LogP contribution in [0.15, 0.2) is 18.2 Å². The lowest BCUT2D eigenvalue weighted by Crippen LogP contribution is -2.00. The summed E-state index contributed by atoms with van der Waals surface area (Å²) in [4.78, 5) is 19.3. The number of thiazole rings is 1. The van der Waals surface area contributed by atoms with Gasteiger partial charge in [-0.3, -0.25) is 0 Å². The van der Waals surface area contributed by atoms with E-state index < -0.39 is 5.97 Å². The molecule has 0 aliphatic rings. The van der Waals surface area contributed by atoms with E-state index in [9.17, 15) is 4.79 Å². The van der Waals surface area contributed by atoms with Crippen molar-refractivity contribution in [1.29, 1.82) is 0 Å². The van der Waals surface area contributed by atoms with Gasteiger partial charge >= 0.3 is 5.97 Å². The number of aromatic nitrogens is 4. The molecule has 0 saturated carbocycles. The number of carbonyl (C=O) groups is 1. The molecule has 7 heteroatoms. The lowest BCUT2D eigenvalue weighted by atomic mass is 10.2. The molecule has 1 N–H and O–H groups in total. The number of benzene rings is 1. The topological polar surface area (TPSA) is 80.9 Å². The predicted octanol–water partition coefficient (Wildman–Crippen LogP) is 2.10. The second-order valence-electron chi connectivity index (χ2n) is 4.10. The largest absolute Gasteiger partial charge is 0.475 e. The Morgan fingerprint density at radius 3 is 2.84 bits per heavy atom.